The molecule has 28 heavy (non-hydrogen) atoms. The number of nitrogens with zero attached hydrogens (tertiary/aromatic N) is 3. The number of rotatable bonds is 6. The highest BCUT2D eigenvalue weighted by atomic mass is 32.2. The van der Waals surface area contributed by atoms with E-state index in [1.54, 1.807) is 11.2 Å². The minimum Gasteiger partial charge on any atom is -0.461 e. The molecule has 0 N–H and O–H groups in total. The second-order valence-electron chi connectivity index (χ2n) is 6.37. The molecule has 0 aliphatic heterocycles. The van der Waals surface area contributed by atoms with Crippen molar-refractivity contribution < 1.29 is 9.21 Å². The van der Waals surface area contributed by atoms with E-state index in [9.17, 15) is 4.79 Å². The maximum absolute atomic E-state index is 12.6. The molecule has 0 saturated carbocycles. The molecule has 0 bridgehead atoms. The molecule has 6 heteroatoms. The quantitative estimate of drug-likeness (QED) is 0.355. The highest BCUT2D eigenvalue weighted by Crippen LogP contribution is 2.28. The summed E-state index contributed by atoms with van der Waals surface area (Å²) in [5.41, 5.74) is 1.94. The molecule has 4 rings (SSSR count). The molecule has 2 heterocycles. The van der Waals surface area contributed by atoms with Gasteiger partial charge in [0.1, 0.15) is 5.03 Å². The first-order chi connectivity index (χ1) is 13.7. The first kappa shape index (κ1) is 18.3. The van der Waals surface area contributed by atoms with Gasteiger partial charge in [-0.15, -0.1) is 0 Å². The maximum Gasteiger partial charge on any atom is 0.233 e. The van der Waals surface area contributed by atoms with Gasteiger partial charge in [0.05, 0.1) is 17.5 Å². The summed E-state index contributed by atoms with van der Waals surface area (Å²) >= 11 is 1.42. The molecule has 0 saturated heterocycles. The number of fused-ring (bicyclic) bond motifs is 1. The van der Waals surface area contributed by atoms with Gasteiger partial charge in [0, 0.05) is 19.0 Å². The Hall–Kier alpha value is -3.12. The zero-order chi connectivity index (χ0) is 19.3. The molecule has 2 aromatic carbocycles. The summed E-state index contributed by atoms with van der Waals surface area (Å²) in [6, 6.07) is 21.4. The number of carbonyl (C=O) groups is 1. The zero-order valence-electron chi connectivity index (χ0n) is 15.4. The normalized spacial score (nSPS) is 10.9. The Bertz CT molecular complexity index is 1080. The van der Waals surface area contributed by atoms with Crippen molar-refractivity contribution in [3.63, 3.8) is 0 Å². The van der Waals surface area contributed by atoms with Gasteiger partial charge in [-0.3, -0.25) is 4.79 Å². The molecule has 0 spiro atoms. The average molecular weight is 389 g/mol. The van der Waals surface area contributed by atoms with E-state index in [2.05, 4.69) is 9.97 Å². The second-order valence-corrected chi connectivity index (χ2v) is 7.33. The van der Waals surface area contributed by atoms with Crippen LogP contribution < -0.4 is 0 Å². The fraction of sp³-hybridized carbons (Fsp3) is 0.136. The van der Waals surface area contributed by atoms with Crippen molar-refractivity contribution in [3.8, 4) is 11.6 Å². The Morgan fingerprint density at radius 2 is 1.79 bits per heavy atom. The summed E-state index contributed by atoms with van der Waals surface area (Å²) in [6.07, 6.45) is 1.60. The lowest BCUT2D eigenvalue weighted by atomic mass is 10.2. The van der Waals surface area contributed by atoms with Gasteiger partial charge in [0.25, 0.3) is 0 Å². The van der Waals surface area contributed by atoms with Crippen LogP contribution in [0.4, 0.5) is 0 Å². The summed E-state index contributed by atoms with van der Waals surface area (Å²) in [5.74, 6) is 1.49. The minimum atomic E-state index is 0.0519. The van der Waals surface area contributed by atoms with Crippen LogP contribution in [0, 0.1) is 0 Å². The van der Waals surface area contributed by atoms with Crippen LogP contribution >= 0.6 is 11.8 Å². The second kappa shape index (κ2) is 8.27. The van der Waals surface area contributed by atoms with Crippen LogP contribution in [-0.2, 0) is 11.3 Å². The van der Waals surface area contributed by atoms with Crippen LogP contribution in [0.25, 0.3) is 22.5 Å². The van der Waals surface area contributed by atoms with E-state index < -0.39 is 0 Å². The Morgan fingerprint density at radius 1 is 1.00 bits per heavy atom. The van der Waals surface area contributed by atoms with Crippen LogP contribution in [0.1, 0.15) is 5.56 Å². The fourth-order valence-corrected chi connectivity index (χ4v) is 3.82. The lowest BCUT2D eigenvalue weighted by Crippen LogP contribution is -2.27. The number of hydrogen-bond donors (Lipinski definition) is 0. The van der Waals surface area contributed by atoms with Crippen molar-refractivity contribution >= 4 is 28.6 Å². The third kappa shape index (κ3) is 4.07. The third-order valence-corrected chi connectivity index (χ3v) is 5.31. The SMILES string of the molecule is CN(Cc1ccccc1)C(=O)CSc1nc(-c2ccco2)nc2ccccc12. The molecular weight excluding hydrogens is 370 g/mol. The molecule has 2 aromatic heterocycles. The number of hydrogen-bond acceptors (Lipinski definition) is 5. The Kier molecular flexibility index (Phi) is 5.39. The summed E-state index contributed by atoms with van der Waals surface area (Å²) in [4.78, 5) is 23.6. The molecular formula is C22H19N3O2S. The van der Waals surface area contributed by atoms with E-state index in [4.69, 9.17) is 4.42 Å². The molecule has 5 nitrogen and oxygen atoms in total. The van der Waals surface area contributed by atoms with Gasteiger partial charge in [-0.05, 0) is 23.8 Å². The summed E-state index contributed by atoms with van der Waals surface area (Å²) in [6.45, 7) is 0.586. The number of amides is 1. The molecule has 4 aromatic rings. The largest absolute Gasteiger partial charge is 0.461 e. The van der Waals surface area contributed by atoms with E-state index in [1.165, 1.54) is 11.8 Å². The van der Waals surface area contributed by atoms with E-state index in [-0.39, 0.29) is 5.91 Å². The van der Waals surface area contributed by atoms with Gasteiger partial charge < -0.3 is 9.32 Å². The number of furan rings is 1. The molecule has 140 valence electrons. The minimum absolute atomic E-state index is 0.0519. The number of para-hydroxylation sites is 1. The van der Waals surface area contributed by atoms with Crippen molar-refractivity contribution in [2.45, 2.75) is 11.6 Å². The fourth-order valence-electron chi connectivity index (χ4n) is 2.86. The van der Waals surface area contributed by atoms with E-state index in [0.29, 0.717) is 23.9 Å². The first-order valence-corrected chi connectivity index (χ1v) is 9.90. The van der Waals surface area contributed by atoms with Gasteiger partial charge in [-0.25, -0.2) is 9.97 Å². The standard InChI is InChI=1S/C22H19N3O2S/c1-25(14-16-8-3-2-4-9-16)20(26)15-28-22-17-10-5-6-11-18(17)23-21(24-22)19-12-7-13-27-19/h2-13H,14-15H2,1H3. The topological polar surface area (TPSA) is 59.2 Å². The van der Waals surface area contributed by atoms with E-state index in [0.717, 1.165) is 21.5 Å². The van der Waals surface area contributed by atoms with Gasteiger partial charge in [-0.1, -0.05) is 60.3 Å². The summed E-state index contributed by atoms with van der Waals surface area (Å²) in [7, 11) is 1.82. The van der Waals surface area contributed by atoms with Crippen LogP contribution in [0.2, 0.25) is 0 Å². The molecule has 0 atom stereocenters. The highest BCUT2D eigenvalue weighted by molar-refractivity contribution is 8.00. The summed E-state index contributed by atoms with van der Waals surface area (Å²) in [5, 5.41) is 1.71. The van der Waals surface area contributed by atoms with Crippen LogP contribution in [-0.4, -0.2) is 33.6 Å². The van der Waals surface area contributed by atoms with Crippen molar-refractivity contribution in [1.82, 2.24) is 14.9 Å². The highest BCUT2D eigenvalue weighted by Gasteiger charge is 2.15. The van der Waals surface area contributed by atoms with E-state index in [1.807, 2.05) is 73.8 Å². The van der Waals surface area contributed by atoms with Gasteiger partial charge in [-0.2, -0.15) is 0 Å². The molecule has 0 aliphatic carbocycles. The monoisotopic (exact) mass is 389 g/mol. The van der Waals surface area contributed by atoms with Gasteiger partial charge >= 0.3 is 0 Å². The van der Waals surface area contributed by atoms with Crippen molar-refractivity contribution in [1.29, 1.82) is 0 Å². The van der Waals surface area contributed by atoms with Gasteiger partial charge in [0.2, 0.25) is 5.91 Å². The van der Waals surface area contributed by atoms with Crippen LogP contribution in [0.3, 0.4) is 0 Å². The molecule has 0 aliphatic rings. The molecule has 0 radical (unpaired) electrons. The first-order valence-electron chi connectivity index (χ1n) is 8.92. The predicted molar refractivity (Wildman–Crippen MR) is 111 cm³/mol. The summed E-state index contributed by atoms with van der Waals surface area (Å²) < 4.78 is 5.44. The third-order valence-electron chi connectivity index (χ3n) is 4.33. The van der Waals surface area contributed by atoms with Crippen LogP contribution in [0.15, 0.2) is 82.4 Å². The maximum atomic E-state index is 12.6. The smallest absolute Gasteiger partial charge is 0.233 e. The number of aromatic nitrogens is 2. The zero-order valence-corrected chi connectivity index (χ0v) is 16.2. The van der Waals surface area contributed by atoms with Gasteiger partial charge in [0.15, 0.2) is 11.6 Å². The molecule has 1 amide bonds. The number of carbonyl (C=O) groups excluding carboxylic acids is 1. The Balaban J connectivity index is 1.53. The van der Waals surface area contributed by atoms with Crippen molar-refractivity contribution in [2.24, 2.45) is 0 Å². The number of benzene rings is 2. The van der Waals surface area contributed by atoms with Crippen LogP contribution in [0.5, 0.6) is 0 Å². The number of thioether (sulfide) groups is 1. The average Bonchev–Trinajstić information content (AvgIpc) is 3.27. The Labute approximate surface area is 167 Å². The van der Waals surface area contributed by atoms with Crippen molar-refractivity contribution in [2.75, 3.05) is 12.8 Å². The molecule has 0 fully saturated rings. The van der Waals surface area contributed by atoms with E-state index >= 15 is 0 Å². The molecule has 0 unspecified atom stereocenters. The lowest BCUT2D eigenvalue weighted by molar-refractivity contribution is -0.127. The predicted octanol–water partition coefficient (Wildman–Crippen LogP) is 4.64. The van der Waals surface area contributed by atoms with Crippen molar-refractivity contribution in [3.05, 3.63) is 78.6 Å². The lowest BCUT2D eigenvalue weighted by Gasteiger charge is -2.17. The Morgan fingerprint density at radius 3 is 2.57 bits per heavy atom.